The van der Waals surface area contributed by atoms with Crippen LogP contribution in [0, 0.1) is 6.92 Å². The van der Waals surface area contributed by atoms with E-state index in [4.69, 9.17) is 27.8 Å². The van der Waals surface area contributed by atoms with Crippen LogP contribution in [-0.2, 0) is 0 Å². The molecule has 0 aromatic heterocycles. The fourth-order valence-electron chi connectivity index (χ4n) is 1.46. The second-order valence-electron chi connectivity index (χ2n) is 3.68. The molecule has 0 aliphatic heterocycles. The molecule has 5 N–H and O–H groups in total. The Morgan fingerprint density at radius 3 is 2.75 bits per heavy atom. The van der Waals surface area contributed by atoms with Gasteiger partial charge in [-0.25, -0.2) is 0 Å². The molecule has 0 bridgehead atoms. The maximum absolute atomic E-state index is 5.98. The van der Waals surface area contributed by atoms with Crippen molar-refractivity contribution in [2.24, 2.45) is 11.5 Å². The normalized spacial score (nSPS) is 12.3. The van der Waals surface area contributed by atoms with Crippen molar-refractivity contribution in [3.8, 4) is 5.75 Å². The van der Waals surface area contributed by atoms with E-state index in [9.17, 15) is 0 Å². The van der Waals surface area contributed by atoms with E-state index in [1.165, 1.54) is 0 Å². The van der Waals surface area contributed by atoms with Crippen LogP contribution in [0.2, 0.25) is 5.02 Å². The number of hydrogen-bond donors (Lipinski definition) is 3. The van der Waals surface area contributed by atoms with Gasteiger partial charge in [0.25, 0.3) is 0 Å². The summed E-state index contributed by atoms with van der Waals surface area (Å²) in [6.45, 7) is 2.97. The SMILES string of the molecule is COc1c(C)cc(Cl)cc1NCC(N)CN. The average Bonchev–Trinajstić information content (AvgIpc) is 2.25. The lowest BCUT2D eigenvalue weighted by molar-refractivity contribution is 0.413. The topological polar surface area (TPSA) is 73.3 Å². The molecule has 0 aliphatic rings. The van der Waals surface area contributed by atoms with Gasteiger partial charge in [0, 0.05) is 24.2 Å². The van der Waals surface area contributed by atoms with E-state index in [0.29, 0.717) is 18.1 Å². The van der Waals surface area contributed by atoms with E-state index in [1.54, 1.807) is 7.11 Å². The van der Waals surface area contributed by atoms with Gasteiger partial charge in [0.1, 0.15) is 5.75 Å². The fraction of sp³-hybridized carbons (Fsp3) is 0.455. The first kappa shape index (κ1) is 13.1. The molecule has 0 saturated carbocycles. The van der Waals surface area contributed by atoms with Crippen LogP contribution in [0.25, 0.3) is 0 Å². The molecule has 1 aromatic rings. The van der Waals surface area contributed by atoms with Crippen LogP contribution in [0.15, 0.2) is 12.1 Å². The van der Waals surface area contributed by atoms with E-state index < -0.39 is 0 Å². The second kappa shape index (κ2) is 5.94. The number of methoxy groups -OCH3 is 1. The summed E-state index contributed by atoms with van der Waals surface area (Å²) in [5.41, 5.74) is 13.0. The Kier molecular flexibility index (Phi) is 4.86. The maximum atomic E-state index is 5.98. The number of hydrogen-bond acceptors (Lipinski definition) is 4. The zero-order valence-corrected chi connectivity index (χ0v) is 10.3. The van der Waals surface area contributed by atoms with E-state index in [-0.39, 0.29) is 6.04 Å². The van der Waals surface area contributed by atoms with Gasteiger partial charge >= 0.3 is 0 Å². The monoisotopic (exact) mass is 243 g/mol. The molecule has 1 aromatic carbocycles. The number of nitrogens with one attached hydrogen (secondary N) is 1. The Bertz CT molecular complexity index is 357. The standard InChI is InChI=1S/C11H18ClN3O/c1-7-3-8(12)4-10(11(7)16-2)15-6-9(14)5-13/h3-4,9,15H,5-6,13-14H2,1-2H3. The first-order valence-corrected chi connectivity index (χ1v) is 5.50. The highest BCUT2D eigenvalue weighted by atomic mass is 35.5. The van der Waals surface area contributed by atoms with E-state index in [2.05, 4.69) is 5.32 Å². The number of anilines is 1. The Balaban J connectivity index is 2.85. The van der Waals surface area contributed by atoms with E-state index >= 15 is 0 Å². The zero-order valence-electron chi connectivity index (χ0n) is 9.59. The summed E-state index contributed by atoms with van der Waals surface area (Å²) in [5, 5.41) is 3.85. The van der Waals surface area contributed by atoms with Crippen LogP contribution in [0.4, 0.5) is 5.69 Å². The van der Waals surface area contributed by atoms with Gasteiger partial charge in [0.05, 0.1) is 12.8 Å². The van der Waals surface area contributed by atoms with Gasteiger partial charge in [0.15, 0.2) is 0 Å². The molecule has 1 rings (SSSR count). The lowest BCUT2D eigenvalue weighted by Gasteiger charge is -2.16. The molecule has 4 nitrogen and oxygen atoms in total. The van der Waals surface area contributed by atoms with Crippen LogP contribution in [0.1, 0.15) is 5.56 Å². The number of nitrogens with two attached hydrogens (primary N) is 2. The summed E-state index contributed by atoms with van der Waals surface area (Å²) >= 11 is 5.98. The Morgan fingerprint density at radius 1 is 1.50 bits per heavy atom. The molecular formula is C11H18ClN3O. The van der Waals surface area contributed by atoms with Gasteiger partial charge in [-0.2, -0.15) is 0 Å². The maximum Gasteiger partial charge on any atom is 0.144 e. The Labute approximate surface area is 101 Å². The van der Waals surface area contributed by atoms with Crippen molar-refractivity contribution < 1.29 is 4.74 Å². The number of benzene rings is 1. The molecule has 16 heavy (non-hydrogen) atoms. The molecule has 0 amide bonds. The highest BCUT2D eigenvalue weighted by Gasteiger charge is 2.08. The minimum Gasteiger partial charge on any atom is -0.494 e. The molecule has 0 radical (unpaired) electrons. The highest BCUT2D eigenvalue weighted by molar-refractivity contribution is 6.31. The van der Waals surface area contributed by atoms with Crippen LogP contribution in [-0.4, -0.2) is 26.2 Å². The summed E-state index contributed by atoms with van der Waals surface area (Å²) < 4.78 is 5.30. The Hall–Kier alpha value is -0.970. The van der Waals surface area contributed by atoms with Gasteiger partial charge in [-0.1, -0.05) is 11.6 Å². The quantitative estimate of drug-likeness (QED) is 0.730. The molecule has 5 heteroatoms. The molecule has 0 spiro atoms. The Morgan fingerprint density at radius 2 is 2.19 bits per heavy atom. The lowest BCUT2D eigenvalue weighted by Crippen LogP contribution is -2.36. The molecule has 0 heterocycles. The molecular weight excluding hydrogens is 226 g/mol. The van der Waals surface area contributed by atoms with Gasteiger partial charge < -0.3 is 21.5 Å². The number of ether oxygens (including phenoxy) is 1. The third kappa shape index (κ3) is 3.27. The first-order valence-electron chi connectivity index (χ1n) is 5.12. The molecule has 0 fully saturated rings. The summed E-state index contributed by atoms with van der Waals surface area (Å²) in [5.74, 6) is 0.786. The molecule has 1 atom stereocenters. The van der Waals surface area contributed by atoms with Crippen molar-refractivity contribution in [1.82, 2.24) is 0 Å². The van der Waals surface area contributed by atoms with Crippen LogP contribution >= 0.6 is 11.6 Å². The van der Waals surface area contributed by atoms with Gasteiger partial charge in [0.2, 0.25) is 0 Å². The highest BCUT2D eigenvalue weighted by Crippen LogP contribution is 2.31. The zero-order chi connectivity index (χ0) is 12.1. The van der Waals surface area contributed by atoms with Crippen molar-refractivity contribution in [2.45, 2.75) is 13.0 Å². The van der Waals surface area contributed by atoms with Gasteiger partial charge in [-0.3, -0.25) is 0 Å². The average molecular weight is 244 g/mol. The summed E-state index contributed by atoms with van der Waals surface area (Å²) in [4.78, 5) is 0. The van der Waals surface area contributed by atoms with Crippen molar-refractivity contribution in [1.29, 1.82) is 0 Å². The van der Waals surface area contributed by atoms with Crippen LogP contribution in [0.3, 0.4) is 0 Å². The largest absolute Gasteiger partial charge is 0.494 e. The summed E-state index contributed by atoms with van der Waals surface area (Å²) in [7, 11) is 1.63. The van der Waals surface area contributed by atoms with Crippen LogP contribution < -0.4 is 21.5 Å². The van der Waals surface area contributed by atoms with Crippen molar-refractivity contribution in [3.63, 3.8) is 0 Å². The predicted octanol–water partition coefficient (Wildman–Crippen LogP) is 1.35. The summed E-state index contributed by atoms with van der Waals surface area (Å²) in [6.07, 6.45) is 0. The smallest absolute Gasteiger partial charge is 0.144 e. The van der Waals surface area contributed by atoms with Crippen LogP contribution in [0.5, 0.6) is 5.75 Å². The molecule has 90 valence electrons. The minimum atomic E-state index is -0.0796. The molecule has 1 unspecified atom stereocenters. The summed E-state index contributed by atoms with van der Waals surface area (Å²) in [6, 6.07) is 3.59. The van der Waals surface area contributed by atoms with Crippen molar-refractivity contribution >= 4 is 17.3 Å². The van der Waals surface area contributed by atoms with E-state index in [1.807, 2.05) is 19.1 Å². The third-order valence-corrected chi connectivity index (χ3v) is 2.52. The number of rotatable bonds is 5. The first-order chi connectivity index (χ1) is 7.58. The number of aryl methyl sites for hydroxylation is 1. The van der Waals surface area contributed by atoms with E-state index in [0.717, 1.165) is 17.0 Å². The van der Waals surface area contributed by atoms with Gasteiger partial charge in [-0.15, -0.1) is 0 Å². The lowest BCUT2D eigenvalue weighted by atomic mass is 10.2. The van der Waals surface area contributed by atoms with Gasteiger partial charge in [-0.05, 0) is 24.6 Å². The molecule has 0 aliphatic carbocycles. The number of halogens is 1. The fourth-order valence-corrected chi connectivity index (χ4v) is 1.73. The second-order valence-corrected chi connectivity index (χ2v) is 4.12. The third-order valence-electron chi connectivity index (χ3n) is 2.30. The molecule has 0 saturated heterocycles. The van der Waals surface area contributed by atoms with Crippen molar-refractivity contribution in [2.75, 3.05) is 25.5 Å². The predicted molar refractivity (Wildman–Crippen MR) is 68.3 cm³/mol. The van der Waals surface area contributed by atoms with Crippen molar-refractivity contribution in [3.05, 3.63) is 22.7 Å². The minimum absolute atomic E-state index is 0.0796.